The molecule has 20 heavy (non-hydrogen) atoms. The first-order valence-electron chi connectivity index (χ1n) is 6.69. The number of hydrogen-bond donors (Lipinski definition) is 1. The Morgan fingerprint density at radius 2 is 2.10 bits per heavy atom. The molecule has 0 amide bonds. The van der Waals surface area contributed by atoms with Gasteiger partial charge in [-0.1, -0.05) is 6.92 Å². The van der Waals surface area contributed by atoms with E-state index < -0.39 is 0 Å². The molecule has 108 valence electrons. The zero-order valence-electron chi connectivity index (χ0n) is 12.2. The zero-order valence-corrected chi connectivity index (χ0v) is 12.2. The van der Waals surface area contributed by atoms with Gasteiger partial charge in [-0.05, 0) is 24.6 Å². The van der Waals surface area contributed by atoms with Crippen LogP contribution >= 0.6 is 0 Å². The number of benzene rings is 1. The van der Waals surface area contributed by atoms with Crippen molar-refractivity contribution in [3.63, 3.8) is 0 Å². The number of methoxy groups -OCH3 is 2. The van der Waals surface area contributed by atoms with E-state index in [1.54, 1.807) is 20.4 Å². The summed E-state index contributed by atoms with van der Waals surface area (Å²) in [5.74, 6) is 2.33. The maximum atomic E-state index is 6.37. The minimum Gasteiger partial charge on any atom is -0.497 e. The van der Waals surface area contributed by atoms with Crippen LogP contribution in [-0.2, 0) is 6.54 Å². The Hall–Kier alpha value is -2.01. The van der Waals surface area contributed by atoms with Gasteiger partial charge in [0.15, 0.2) is 0 Å². The van der Waals surface area contributed by atoms with E-state index in [-0.39, 0.29) is 6.04 Å². The quantitative estimate of drug-likeness (QED) is 0.879. The molecule has 0 spiro atoms. The number of nitrogens with two attached hydrogens (primary N) is 1. The Morgan fingerprint density at radius 1 is 1.30 bits per heavy atom. The summed E-state index contributed by atoms with van der Waals surface area (Å²) in [5, 5.41) is 0. The van der Waals surface area contributed by atoms with Crippen molar-refractivity contribution in [3.8, 4) is 11.5 Å². The van der Waals surface area contributed by atoms with Gasteiger partial charge in [0.1, 0.15) is 17.3 Å². The highest BCUT2D eigenvalue weighted by Gasteiger charge is 2.19. The normalized spacial score (nSPS) is 12.2. The van der Waals surface area contributed by atoms with Gasteiger partial charge in [0.2, 0.25) is 0 Å². The van der Waals surface area contributed by atoms with E-state index >= 15 is 0 Å². The minimum atomic E-state index is -0.346. The van der Waals surface area contributed by atoms with Crippen LogP contribution in [0.5, 0.6) is 11.5 Å². The van der Waals surface area contributed by atoms with E-state index in [2.05, 4.69) is 16.5 Å². The topological polar surface area (TPSA) is 62.3 Å². The highest BCUT2D eigenvalue weighted by Crippen LogP contribution is 2.31. The minimum absolute atomic E-state index is 0.346. The van der Waals surface area contributed by atoms with E-state index in [1.807, 2.05) is 24.4 Å². The van der Waals surface area contributed by atoms with Crippen LogP contribution in [0.4, 0.5) is 0 Å². The molecule has 0 aliphatic rings. The molecular formula is C15H21N3O2. The first-order valence-corrected chi connectivity index (χ1v) is 6.69. The van der Waals surface area contributed by atoms with Gasteiger partial charge in [-0.15, -0.1) is 0 Å². The summed E-state index contributed by atoms with van der Waals surface area (Å²) in [5.41, 5.74) is 7.24. The molecule has 2 N–H and O–H groups in total. The number of rotatable bonds is 6. The Morgan fingerprint density at radius 3 is 2.75 bits per heavy atom. The number of hydrogen-bond acceptors (Lipinski definition) is 4. The maximum Gasteiger partial charge on any atom is 0.130 e. The van der Waals surface area contributed by atoms with Crippen LogP contribution in [0.25, 0.3) is 0 Å². The Labute approximate surface area is 119 Å². The summed E-state index contributed by atoms with van der Waals surface area (Å²) >= 11 is 0. The van der Waals surface area contributed by atoms with Gasteiger partial charge >= 0.3 is 0 Å². The molecule has 0 saturated carbocycles. The predicted molar refractivity (Wildman–Crippen MR) is 78.1 cm³/mol. The van der Waals surface area contributed by atoms with Crippen LogP contribution in [0.1, 0.15) is 30.8 Å². The predicted octanol–water partition coefficient (Wildman–Crippen LogP) is 2.36. The third kappa shape index (κ3) is 2.77. The Kier molecular flexibility index (Phi) is 4.63. The maximum absolute atomic E-state index is 6.37. The van der Waals surface area contributed by atoms with E-state index in [0.717, 1.165) is 35.9 Å². The van der Waals surface area contributed by atoms with Crippen molar-refractivity contribution in [2.24, 2.45) is 5.73 Å². The number of imidazole rings is 1. The fraction of sp³-hybridized carbons (Fsp3) is 0.400. The lowest BCUT2D eigenvalue weighted by molar-refractivity contribution is 0.396. The van der Waals surface area contributed by atoms with E-state index in [1.165, 1.54) is 0 Å². The van der Waals surface area contributed by atoms with Crippen molar-refractivity contribution in [1.82, 2.24) is 9.55 Å². The third-order valence-corrected chi connectivity index (χ3v) is 3.26. The van der Waals surface area contributed by atoms with Gasteiger partial charge in [0.25, 0.3) is 0 Å². The van der Waals surface area contributed by atoms with Gasteiger partial charge in [-0.3, -0.25) is 0 Å². The number of ether oxygens (including phenoxy) is 2. The van der Waals surface area contributed by atoms with Gasteiger partial charge in [-0.2, -0.15) is 0 Å². The second kappa shape index (κ2) is 6.43. The van der Waals surface area contributed by atoms with Crippen molar-refractivity contribution in [1.29, 1.82) is 0 Å². The molecule has 0 fully saturated rings. The molecule has 0 radical (unpaired) electrons. The molecule has 1 aromatic carbocycles. The molecule has 5 heteroatoms. The van der Waals surface area contributed by atoms with Crippen LogP contribution < -0.4 is 15.2 Å². The molecule has 0 aliphatic heterocycles. The van der Waals surface area contributed by atoms with E-state index in [4.69, 9.17) is 15.2 Å². The first-order chi connectivity index (χ1) is 9.71. The molecule has 5 nitrogen and oxygen atoms in total. The van der Waals surface area contributed by atoms with Crippen LogP contribution in [0.2, 0.25) is 0 Å². The van der Waals surface area contributed by atoms with Gasteiger partial charge in [0, 0.05) is 24.5 Å². The Balaban J connectivity index is 2.41. The first kappa shape index (κ1) is 14.4. The van der Waals surface area contributed by atoms with Gasteiger partial charge < -0.3 is 19.8 Å². The lowest BCUT2D eigenvalue weighted by atomic mass is 10.1. The Bertz CT molecular complexity index is 566. The molecule has 0 saturated heterocycles. The van der Waals surface area contributed by atoms with Crippen LogP contribution in [-0.4, -0.2) is 23.8 Å². The summed E-state index contributed by atoms with van der Waals surface area (Å²) in [6, 6.07) is 5.27. The highest BCUT2D eigenvalue weighted by atomic mass is 16.5. The lowest BCUT2D eigenvalue weighted by Crippen LogP contribution is -2.18. The third-order valence-electron chi connectivity index (χ3n) is 3.26. The van der Waals surface area contributed by atoms with Crippen molar-refractivity contribution in [2.45, 2.75) is 25.9 Å². The van der Waals surface area contributed by atoms with Crippen LogP contribution in [0.3, 0.4) is 0 Å². The molecule has 1 aromatic heterocycles. The lowest BCUT2D eigenvalue weighted by Gasteiger charge is -2.17. The highest BCUT2D eigenvalue weighted by molar-refractivity contribution is 5.44. The van der Waals surface area contributed by atoms with Crippen molar-refractivity contribution < 1.29 is 9.47 Å². The number of aromatic nitrogens is 2. The largest absolute Gasteiger partial charge is 0.497 e. The molecule has 2 aromatic rings. The standard InChI is InChI=1S/C15H21N3O2/c1-4-8-18-9-7-17-15(18)14(16)12-10-11(19-2)5-6-13(12)20-3/h5-7,9-10,14H,4,8,16H2,1-3H3. The van der Waals surface area contributed by atoms with Crippen LogP contribution in [0.15, 0.2) is 30.6 Å². The molecule has 1 unspecified atom stereocenters. The zero-order chi connectivity index (χ0) is 14.5. The van der Waals surface area contributed by atoms with Gasteiger partial charge in [0.05, 0.1) is 20.3 Å². The molecular weight excluding hydrogens is 254 g/mol. The monoisotopic (exact) mass is 275 g/mol. The second-order valence-corrected chi connectivity index (χ2v) is 4.56. The average Bonchev–Trinajstić information content (AvgIpc) is 2.94. The fourth-order valence-electron chi connectivity index (χ4n) is 2.25. The molecule has 1 heterocycles. The molecule has 0 bridgehead atoms. The number of aryl methyl sites for hydroxylation is 1. The van der Waals surface area contributed by atoms with E-state index in [0.29, 0.717) is 0 Å². The summed E-state index contributed by atoms with van der Waals surface area (Å²) in [4.78, 5) is 4.38. The van der Waals surface area contributed by atoms with Crippen molar-refractivity contribution in [3.05, 3.63) is 42.0 Å². The molecule has 1 atom stereocenters. The fourth-order valence-corrected chi connectivity index (χ4v) is 2.25. The summed E-state index contributed by atoms with van der Waals surface area (Å²) in [6.07, 6.45) is 4.76. The summed E-state index contributed by atoms with van der Waals surface area (Å²) in [6.45, 7) is 3.02. The van der Waals surface area contributed by atoms with Crippen molar-refractivity contribution in [2.75, 3.05) is 14.2 Å². The SMILES string of the molecule is CCCn1ccnc1C(N)c1cc(OC)ccc1OC. The molecule has 2 rings (SSSR count). The summed E-state index contributed by atoms with van der Waals surface area (Å²) in [7, 11) is 3.27. The average molecular weight is 275 g/mol. The van der Waals surface area contributed by atoms with Crippen molar-refractivity contribution >= 4 is 0 Å². The summed E-state index contributed by atoms with van der Waals surface area (Å²) < 4.78 is 12.7. The van der Waals surface area contributed by atoms with E-state index in [9.17, 15) is 0 Å². The van der Waals surface area contributed by atoms with Crippen LogP contribution in [0, 0.1) is 0 Å². The smallest absolute Gasteiger partial charge is 0.130 e. The van der Waals surface area contributed by atoms with Gasteiger partial charge in [-0.25, -0.2) is 4.98 Å². The molecule has 0 aliphatic carbocycles. The number of nitrogens with zero attached hydrogens (tertiary/aromatic N) is 2. The second-order valence-electron chi connectivity index (χ2n) is 4.56.